The number of ether oxygens (including phenoxy) is 2. The van der Waals surface area contributed by atoms with Crippen molar-refractivity contribution in [3.63, 3.8) is 0 Å². The first kappa shape index (κ1) is 17.7. The average Bonchev–Trinajstić information content (AvgIpc) is 2.57. The zero-order valence-electron chi connectivity index (χ0n) is 13.8. The van der Waals surface area contributed by atoms with E-state index in [4.69, 9.17) is 18.8 Å². The summed E-state index contributed by atoms with van der Waals surface area (Å²) < 4.78 is 22.2. The third kappa shape index (κ3) is 4.88. The summed E-state index contributed by atoms with van der Waals surface area (Å²) in [5.41, 5.74) is -0.481. The monoisotopic (exact) mass is 284 g/mol. The minimum Gasteiger partial charge on any atom is -0.403 e. The molecule has 0 radical (unpaired) electrons. The highest BCUT2D eigenvalue weighted by molar-refractivity contribution is 6.46. The second-order valence-electron chi connectivity index (χ2n) is 6.22. The van der Waals surface area contributed by atoms with Crippen molar-refractivity contribution < 1.29 is 18.8 Å². The maximum atomic E-state index is 5.93. The molecule has 0 unspecified atom stereocenters. The molecule has 1 aliphatic heterocycles. The van der Waals surface area contributed by atoms with E-state index in [1.165, 1.54) is 0 Å². The van der Waals surface area contributed by atoms with Gasteiger partial charge in [-0.15, -0.1) is 0 Å². The van der Waals surface area contributed by atoms with Gasteiger partial charge in [-0.05, 0) is 47.0 Å². The Balaban J connectivity index is 2.20. The van der Waals surface area contributed by atoms with Crippen LogP contribution in [0.2, 0.25) is 6.32 Å². The van der Waals surface area contributed by atoms with Gasteiger partial charge >= 0.3 is 7.12 Å². The van der Waals surface area contributed by atoms with Gasteiger partial charge in [0.15, 0.2) is 6.29 Å². The number of rotatable bonds is 8. The Kier molecular flexibility index (Phi) is 6.72. The van der Waals surface area contributed by atoms with Crippen LogP contribution in [0.25, 0.3) is 0 Å². The molecule has 116 valence electrons. The molecule has 4 nitrogen and oxygen atoms in total. The lowest BCUT2D eigenvalue weighted by atomic mass is 9.85. The van der Waals surface area contributed by atoms with Crippen LogP contribution in [0.4, 0.5) is 0 Å². The maximum Gasteiger partial charge on any atom is 0.461 e. The SMILES string of the molecule is COC(CCC/C=C/CB1OC(C)(C)C(C)(C)O1)OC. The molecule has 0 N–H and O–H groups in total. The maximum absolute atomic E-state index is 5.93. The van der Waals surface area contributed by atoms with Crippen molar-refractivity contribution >= 4 is 7.12 Å². The van der Waals surface area contributed by atoms with Crippen LogP contribution in [-0.4, -0.2) is 38.8 Å². The summed E-state index contributed by atoms with van der Waals surface area (Å²) in [7, 11) is 3.20. The van der Waals surface area contributed by atoms with Crippen molar-refractivity contribution in [2.75, 3.05) is 14.2 Å². The Morgan fingerprint density at radius 2 is 1.55 bits per heavy atom. The molecule has 1 rings (SSSR count). The van der Waals surface area contributed by atoms with E-state index in [-0.39, 0.29) is 24.6 Å². The van der Waals surface area contributed by atoms with Crippen molar-refractivity contribution in [3.8, 4) is 0 Å². The Morgan fingerprint density at radius 1 is 1.00 bits per heavy atom. The van der Waals surface area contributed by atoms with E-state index in [1.807, 2.05) is 0 Å². The Labute approximate surface area is 123 Å². The van der Waals surface area contributed by atoms with Gasteiger partial charge in [0.2, 0.25) is 0 Å². The fourth-order valence-corrected chi connectivity index (χ4v) is 2.12. The summed E-state index contributed by atoms with van der Waals surface area (Å²) in [5.74, 6) is 0. The Hall–Kier alpha value is -0.355. The molecule has 0 aliphatic carbocycles. The summed E-state index contributed by atoms with van der Waals surface area (Å²) >= 11 is 0. The molecule has 1 aliphatic rings. The van der Waals surface area contributed by atoms with Crippen molar-refractivity contribution in [2.24, 2.45) is 0 Å². The van der Waals surface area contributed by atoms with Crippen molar-refractivity contribution in [2.45, 2.75) is 70.8 Å². The number of unbranched alkanes of at least 4 members (excludes halogenated alkanes) is 1. The second kappa shape index (κ2) is 7.60. The highest BCUT2D eigenvalue weighted by atomic mass is 16.7. The van der Waals surface area contributed by atoms with Gasteiger partial charge in [0.25, 0.3) is 0 Å². The number of allylic oxidation sites excluding steroid dienone is 2. The van der Waals surface area contributed by atoms with E-state index < -0.39 is 0 Å². The molecule has 20 heavy (non-hydrogen) atoms. The van der Waals surface area contributed by atoms with E-state index in [1.54, 1.807) is 14.2 Å². The molecule has 0 saturated carbocycles. The smallest absolute Gasteiger partial charge is 0.403 e. The van der Waals surface area contributed by atoms with Crippen LogP contribution in [0.15, 0.2) is 12.2 Å². The zero-order valence-corrected chi connectivity index (χ0v) is 13.8. The quantitative estimate of drug-likeness (QED) is 0.296. The fraction of sp³-hybridized carbons (Fsp3) is 0.867. The third-order valence-corrected chi connectivity index (χ3v) is 4.13. The predicted octanol–water partition coefficient (Wildman–Crippen LogP) is 3.42. The number of hydrogen-bond acceptors (Lipinski definition) is 4. The van der Waals surface area contributed by atoms with Crippen molar-refractivity contribution in [1.29, 1.82) is 0 Å². The van der Waals surface area contributed by atoms with Gasteiger partial charge in [0, 0.05) is 20.5 Å². The molecule has 1 fully saturated rings. The van der Waals surface area contributed by atoms with Crippen LogP contribution in [-0.2, 0) is 18.8 Å². The topological polar surface area (TPSA) is 36.9 Å². The largest absolute Gasteiger partial charge is 0.461 e. The normalized spacial score (nSPS) is 21.2. The molecule has 0 atom stereocenters. The molecular formula is C15H29BO4. The standard InChI is InChI=1S/C15H29BO4/c1-14(2)15(3,4)20-16(19-14)12-10-8-7-9-11-13(17-5)18-6/h8,10,13H,7,9,11-12H2,1-6H3/b10-8+. The molecule has 0 amide bonds. The van der Waals surface area contributed by atoms with Crippen LogP contribution in [0.1, 0.15) is 47.0 Å². The van der Waals surface area contributed by atoms with Crippen LogP contribution in [0, 0.1) is 0 Å². The zero-order chi connectivity index (χ0) is 15.2. The lowest BCUT2D eigenvalue weighted by molar-refractivity contribution is -0.106. The Morgan fingerprint density at radius 3 is 2.05 bits per heavy atom. The van der Waals surface area contributed by atoms with Gasteiger partial charge < -0.3 is 18.8 Å². The van der Waals surface area contributed by atoms with Crippen LogP contribution in [0.5, 0.6) is 0 Å². The number of methoxy groups -OCH3 is 2. The summed E-state index contributed by atoms with van der Waals surface area (Å²) in [4.78, 5) is 0. The molecular weight excluding hydrogens is 255 g/mol. The van der Waals surface area contributed by atoms with Crippen LogP contribution < -0.4 is 0 Å². The van der Waals surface area contributed by atoms with Gasteiger partial charge in [0.05, 0.1) is 11.2 Å². The molecule has 0 bridgehead atoms. The highest BCUT2D eigenvalue weighted by Crippen LogP contribution is 2.37. The minimum absolute atomic E-state index is 0.0912. The van der Waals surface area contributed by atoms with E-state index >= 15 is 0 Å². The first-order valence-corrected chi connectivity index (χ1v) is 7.38. The van der Waals surface area contributed by atoms with Gasteiger partial charge in [-0.1, -0.05) is 12.2 Å². The molecule has 1 saturated heterocycles. The van der Waals surface area contributed by atoms with Gasteiger partial charge in [-0.25, -0.2) is 0 Å². The summed E-state index contributed by atoms with van der Waals surface area (Å²) in [6.45, 7) is 8.30. The Bertz CT molecular complexity index is 295. The fourth-order valence-electron chi connectivity index (χ4n) is 2.12. The molecule has 0 aromatic carbocycles. The second-order valence-corrected chi connectivity index (χ2v) is 6.22. The van der Waals surface area contributed by atoms with Crippen molar-refractivity contribution in [3.05, 3.63) is 12.2 Å². The molecule has 0 aromatic rings. The highest BCUT2D eigenvalue weighted by Gasteiger charge is 2.50. The first-order valence-electron chi connectivity index (χ1n) is 7.38. The predicted molar refractivity (Wildman–Crippen MR) is 81.7 cm³/mol. The van der Waals surface area contributed by atoms with E-state index in [0.717, 1.165) is 25.6 Å². The summed E-state index contributed by atoms with van der Waals surface area (Å²) in [6.07, 6.45) is 7.99. The van der Waals surface area contributed by atoms with Gasteiger partial charge in [-0.2, -0.15) is 0 Å². The molecule has 0 aromatic heterocycles. The molecule has 1 heterocycles. The van der Waals surface area contributed by atoms with Gasteiger partial charge in [-0.3, -0.25) is 0 Å². The van der Waals surface area contributed by atoms with Crippen LogP contribution >= 0.6 is 0 Å². The van der Waals surface area contributed by atoms with Crippen LogP contribution in [0.3, 0.4) is 0 Å². The first-order chi connectivity index (χ1) is 9.32. The van der Waals surface area contributed by atoms with Gasteiger partial charge in [0.1, 0.15) is 0 Å². The third-order valence-electron chi connectivity index (χ3n) is 4.13. The van der Waals surface area contributed by atoms with E-state index in [0.29, 0.717) is 0 Å². The van der Waals surface area contributed by atoms with E-state index in [2.05, 4.69) is 39.8 Å². The van der Waals surface area contributed by atoms with Crippen molar-refractivity contribution in [1.82, 2.24) is 0 Å². The minimum atomic E-state index is -0.240. The lowest BCUT2D eigenvalue weighted by Crippen LogP contribution is -2.41. The lowest BCUT2D eigenvalue weighted by Gasteiger charge is -2.32. The summed E-state index contributed by atoms with van der Waals surface area (Å²) in [5, 5.41) is 0. The molecule has 5 heteroatoms. The average molecular weight is 284 g/mol. The van der Waals surface area contributed by atoms with E-state index in [9.17, 15) is 0 Å². The summed E-state index contributed by atoms with van der Waals surface area (Å²) in [6, 6.07) is 0. The molecule has 0 spiro atoms. The number of hydrogen-bond donors (Lipinski definition) is 0.